The van der Waals surface area contributed by atoms with Crippen molar-refractivity contribution in [2.24, 2.45) is 0 Å². The molecule has 2 aromatic heterocycles. The van der Waals surface area contributed by atoms with Crippen LogP contribution in [0.5, 0.6) is 0 Å². The molecule has 3 aromatic rings. The molecule has 0 unspecified atom stereocenters. The molecular formula is C13H11ClN4. The molecule has 3 rings (SSSR count). The first-order valence-corrected chi connectivity index (χ1v) is 5.94. The lowest BCUT2D eigenvalue weighted by Gasteiger charge is -1.97. The van der Waals surface area contributed by atoms with Gasteiger partial charge in [-0.1, -0.05) is 23.7 Å². The van der Waals surface area contributed by atoms with Crippen molar-refractivity contribution in [2.75, 3.05) is 5.73 Å². The number of hydrogen-bond donors (Lipinski definition) is 1. The number of anilines is 1. The molecule has 0 aliphatic carbocycles. The van der Waals surface area contributed by atoms with Gasteiger partial charge in [0.2, 0.25) is 0 Å². The first-order chi connectivity index (χ1) is 8.72. The van der Waals surface area contributed by atoms with E-state index in [9.17, 15) is 0 Å². The minimum atomic E-state index is 0.627. The summed E-state index contributed by atoms with van der Waals surface area (Å²) < 4.78 is 1.69. The van der Waals surface area contributed by atoms with Gasteiger partial charge < -0.3 is 5.73 Å². The fraction of sp³-hybridized carbons (Fsp3) is 0.0769. The molecule has 2 N–H and O–H groups in total. The van der Waals surface area contributed by atoms with E-state index in [4.69, 9.17) is 17.3 Å². The van der Waals surface area contributed by atoms with Crippen LogP contribution < -0.4 is 5.73 Å². The molecule has 1 aromatic carbocycles. The van der Waals surface area contributed by atoms with Gasteiger partial charge in [0.25, 0.3) is 0 Å². The Morgan fingerprint density at radius 3 is 2.89 bits per heavy atom. The molecule has 0 atom stereocenters. The lowest BCUT2D eigenvalue weighted by Crippen LogP contribution is -1.92. The Morgan fingerprint density at radius 1 is 1.22 bits per heavy atom. The van der Waals surface area contributed by atoms with Crippen molar-refractivity contribution in [3.8, 4) is 0 Å². The van der Waals surface area contributed by atoms with E-state index >= 15 is 0 Å². The molecule has 5 heteroatoms. The lowest BCUT2D eigenvalue weighted by atomic mass is 10.1. The number of halogens is 1. The number of aromatic nitrogens is 3. The molecule has 0 bridgehead atoms. The summed E-state index contributed by atoms with van der Waals surface area (Å²) in [5, 5.41) is 5.10. The Labute approximate surface area is 109 Å². The van der Waals surface area contributed by atoms with Gasteiger partial charge in [-0.25, -0.2) is 9.50 Å². The van der Waals surface area contributed by atoms with E-state index in [0.29, 0.717) is 17.8 Å². The van der Waals surface area contributed by atoms with Crippen molar-refractivity contribution >= 4 is 22.9 Å². The van der Waals surface area contributed by atoms with Gasteiger partial charge in [0.05, 0.1) is 5.69 Å². The number of rotatable bonds is 2. The second kappa shape index (κ2) is 4.31. The Morgan fingerprint density at radius 2 is 2.11 bits per heavy atom. The van der Waals surface area contributed by atoms with Crippen LogP contribution in [0.15, 0.2) is 42.6 Å². The highest BCUT2D eigenvalue weighted by molar-refractivity contribution is 6.30. The largest absolute Gasteiger partial charge is 0.396 e. The standard InChI is InChI=1S/C13H11ClN4/c14-10-4-1-3-9(7-10)8-12-16-13-11(15)5-2-6-18(13)17-12/h1-7H,8,15H2. The first kappa shape index (κ1) is 11.0. The number of fused-ring (bicyclic) bond motifs is 1. The van der Waals surface area contributed by atoms with Crippen LogP contribution in [0, 0.1) is 0 Å². The third kappa shape index (κ3) is 2.02. The Balaban J connectivity index is 1.98. The molecule has 0 saturated heterocycles. The number of pyridine rings is 1. The minimum absolute atomic E-state index is 0.627. The molecular weight excluding hydrogens is 248 g/mol. The highest BCUT2D eigenvalue weighted by Crippen LogP contribution is 2.15. The zero-order chi connectivity index (χ0) is 12.5. The van der Waals surface area contributed by atoms with Crippen molar-refractivity contribution < 1.29 is 0 Å². The second-order valence-corrected chi connectivity index (χ2v) is 4.50. The van der Waals surface area contributed by atoms with Gasteiger partial charge in [0.1, 0.15) is 0 Å². The second-order valence-electron chi connectivity index (χ2n) is 4.07. The molecule has 0 amide bonds. The number of benzene rings is 1. The summed E-state index contributed by atoms with van der Waals surface area (Å²) >= 11 is 5.95. The predicted octanol–water partition coefficient (Wildman–Crippen LogP) is 2.56. The zero-order valence-corrected chi connectivity index (χ0v) is 10.3. The molecule has 0 aliphatic heterocycles. The Kier molecular flexibility index (Phi) is 2.64. The van der Waals surface area contributed by atoms with Crippen LogP contribution in [0.1, 0.15) is 11.4 Å². The minimum Gasteiger partial charge on any atom is -0.396 e. The van der Waals surface area contributed by atoms with Crippen LogP contribution in [-0.4, -0.2) is 14.6 Å². The fourth-order valence-electron chi connectivity index (χ4n) is 1.88. The van der Waals surface area contributed by atoms with Crippen molar-refractivity contribution in [3.05, 3.63) is 59.0 Å². The van der Waals surface area contributed by atoms with Crippen molar-refractivity contribution in [2.45, 2.75) is 6.42 Å². The Hall–Kier alpha value is -2.07. The van der Waals surface area contributed by atoms with E-state index in [2.05, 4.69) is 10.1 Å². The van der Waals surface area contributed by atoms with Gasteiger partial charge in [-0.15, -0.1) is 0 Å². The monoisotopic (exact) mass is 258 g/mol. The summed E-state index contributed by atoms with van der Waals surface area (Å²) in [6.45, 7) is 0. The molecule has 0 saturated carbocycles. The fourth-order valence-corrected chi connectivity index (χ4v) is 2.09. The Bertz CT molecular complexity index is 705. The topological polar surface area (TPSA) is 56.2 Å². The normalized spacial score (nSPS) is 10.9. The zero-order valence-electron chi connectivity index (χ0n) is 9.55. The van der Waals surface area contributed by atoms with E-state index in [1.54, 1.807) is 4.52 Å². The predicted molar refractivity (Wildman–Crippen MR) is 71.7 cm³/mol. The molecule has 0 fully saturated rings. The smallest absolute Gasteiger partial charge is 0.178 e. The first-order valence-electron chi connectivity index (χ1n) is 5.56. The molecule has 0 aliphatic rings. The number of nitrogens with zero attached hydrogens (tertiary/aromatic N) is 3. The third-order valence-electron chi connectivity index (χ3n) is 2.69. The maximum absolute atomic E-state index is 5.95. The van der Waals surface area contributed by atoms with E-state index in [1.165, 1.54) is 0 Å². The van der Waals surface area contributed by atoms with E-state index < -0.39 is 0 Å². The van der Waals surface area contributed by atoms with Crippen LogP contribution in [-0.2, 0) is 6.42 Å². The van der Waals surface area contributed by atoms with Gasteiger partial charge in [0, 0.05) is 17.6 Å². The van der Waals surface area contributed by atoms with E-state index in [1.807, 2.05) is 42.6 Å². The van der Waals surface area contributed by atoms with Gasteiger partial charge in [-0.3, -0.25) is 0 Å². The maximum atomic E-state index is 5.95. The van der Waals surface area contributed by atoms with Crippen molar-refractivity contribution in [3.63, 3.8) is 0 Å². The summed E-state index contributed by atoms with van der Waals surface area (Å²) in [6.07, 6.45) is 2.47. The van der Waals surface area contributed by atoms with Crippen LogP contribution in [0.25, 0.3) is 5.65 Å². The van der Waals surface area contributed by atoms with E-state index in [-0.39, 0.29) is 0 Å². The summed E-state index contributed by atoms with van der Waals surface area (Å²) in [7, 11) is 0. The number of hydrogen-bond acceptors (Lipinski definition) is 3. The van der Waals surface area contributed by atoms with Crippen molar-refractivity contribution in [1.82, 2.24) is 14.6 Å². The highest BCUT2D eigenvalue weighted by atomic mass is 35.5. The summed E-state index contributed by atoms with van der Waals surface area (Å²) in [5.74, 6) is 0.732. The van der Waals surface area contributed by atoms with Gasteiger partial charge >= 0.3 is 0 Å². The highest BCUT2D eigenvalue weighted by Gasteiger charge is 2.06. The van der Waals surface area contributed by atoms with Gasteiger partial charge in [-0.2, -0.15) is 5.10 Å². The lowest BCUT2D eigenvalue weighted by molar-refractivity contribution is 0.900. The van der Waals surface area contributed by atoms with Crippen LogP contribution in [0.2, 0.25) is 5.02 Å². The van der Waals surface area contributed by atoms with Crippen LogP contribution in [0.4, 0.5) is 5.69 Å². The molecule has 0 radical (unpaired) electrons. The molecule has 0 spiro atoms. The summed E-state index contributed by atoms with van der Waals surface area (Å²) in [5.41, 5.74) is 8.24. The van der Waals surface area contributed by atoms with Crippen LogP contribution >= 0.6 is 11.6 Å². The number of nitrogens with two attached hydrogens (primary N) is 1. The van der Waals surface area contributed by atoms with Gasteiger partial charge in [0.15, 0.2) is 11.5 Å². The van der Waals surface area contributed by atoms with Gasteiger partial charge in [-0.05, 0) is 29.8 Å². The maximum Gasteiger partial charge on any atom is 0.178 e. The third-order valence-corrected chi connectivity index (χ3v) is 2.92. The SMILES string of the molecule is Nc1cccn2nc(Cc3cccc(Cl)c3)nc12. The molecule has 18 heavy (non-hydrogen) atoms. The molecule has 2 heterocycles. The summed E-state index contributed by atoms with van der Waals surface area (Å²) in [4.78, 5) is 4.42. The number of nitrogen functional groups attached to an aromatic ring is 1. The molecule has 4 nitrogen and oxygen atoms in total. The average molecular weight is 259 g/mol. The molecule has 90 valence electrons. The quantitative estimate of drug-likeness (QED) is 0.769. The van der Waals surface area contributed by atoms with E-state index in [0.717, 1.165) is 16.4 Å². The van der Waals surface area contributed by atoms with Crippen LogP contribution in [0.3, 0.4) is 0 Å². The summed E-state index contributed by atoms with van der Waals surface area (Å²) in [6, 6.07) is 11.3. The average Bonchev–Trinajstić information content (AvgIpc) is 2.73. The van der Waals surface area contributed by atoms with Crippen molar-refractivity contribution in [1.29, 1.82) is 0 Å².